The highest BCUT2D eigenvalue weighted by Gasteiger charge is 2.12. The Balaban J connectivity index is 2.20. The van der Waals surface area contributed by atoms with Gasteiger partial charge in [-0.15, -0.1) is 0 Å². The van der Waals surface area contributed by atoms with Gasteiger partial charge in [-0.25, -0.2) is 4.79 Å². The summed E-state index contributed by atoms with van der Waals surface area (Å²) in [7, 11) is 2.85. The van der Waals surface area contributed by atoms with Gasteiger partial charge in [0.15, 0.2) is 6.29 Å². The van der Waals surface area contributed by atoms with Gasteiger partial charge in [0.25, 0.3) is 0 Å². The molecule has 0 aromatic heterocycles. The topological polar surface area (TPSA) is 61.8 Å². The third-order valence-corrected chi connectivity index (χ3v) is 3.15. The van der Waals surface area contributed by atoms with Crippen molar-refractivity contribution in [2.75, 3.05) is 14.2 Å². The van der Waals surface area contributed by atoms with E-state index in [1.54, 1.807) is 42.5 Å². The van der Waals surface area contributed by atoms with E-state index in [1.165, 1.54) is 14.2 Å². The number of rotatable bonds is 6. The lowest BCUT2D eigenvalue weighted by Crippen LogP contribution is -2.08. The highest BCUT2D eigenvalue weighted by Crippen LogP contribution is 2.24. The molecule has 5 heteroatoms. The second kappa shape index (κ2) is 7.26. The van der Waals surface area contributed by atoms with Gasteiger partial charge in [0.1, 0.15) is 18.1 Å². The predicted molar refractivity (Wildman–Crippen MR) is 80.5 cm³/mol. The largest absolute Gasteiger partial charge is 0.497 e. The SMILES string of the molecule is COC(=O)c1ccccc1COc1ccc(OC)cc1C=O. The van der Waals surface area contributed by atoms with Gasteiger partial charge in [-0.2, -0.15) is 0 Å². The lowest BCUT2D eigenvalue weighted by atomic mass is 10.1. The van der Waals surface area contributed by atoms with Crippen LogP contribution in [0, 0.1) is 0 Å². The average molecular weight is 300 g/mol. The lowest BCUT2D eigenvalue weighted by Gasteiger charge is -2.12. The summed E-state index contributed by atoms with van der Waals surface area (Å²) in [6, 6.07) is 11.9. The summed E-state index contributed by atoms with van der Waals surface area (Å²) in [5, 5.41) is 0. The third-order valence-electron chi connectivity index (χ3n) is 3.15. The van der Waals surface area contributed by atoms with Crippen molar-refractivity contribution in [3.05, 3.63) is 59.2 Å². The molecule has 0 saturated heterocycles. The van der Waals surface area contributed by atoms with Crippen LogP contribution >= 0.6 is 0 Å². The third kappa shape index (κ3) is 3.44. The van der Waals surface area contributed by atoms with Crippen LogP contribution in [0.2, 0.25) is 0 Å². The summed E-state index contributed by atoms with van der Waals surface area (Å²) in [6.45, 7) is 0.151. The summed E-state index contributed by atoms with van der Waals surface area (Å²) in [5.74, 6) is 0.574. The van der Waals surface area contributed by atoms with E-state index < -0.39 is 5.97 Å². The number of hydrogen-bond acceptors (Lipinski definition) is 5. The average Bonchev–Trinajstić information content (AvgIpc) is 2.59. The van der Waals surface area contributed by atoms with Crippen molar-refractivity contribution in [1.29, 1.82) is 0 Å². The minimum absolute atomic E-state index is 0.151. The van der Waals surface area contributed by atoms with Crippen LogP contribution in [0.5, 0.6) is 11.5 Å². The Morgan fingerprint density at radius 1 is 1.14 bits per heavy atom. The molecule has 0 radical (unpaired) electrons. The maximum absolute atomic E-state index is 11.7. The molecule has 0 atom stereocenters. The molecular formula is C17H16O5. The lowest BCUT2D eigenvalue weighted by molar-refractivity contribution is 0.0597. The first-order valence-corrected chi connectivity index (χ1v) is 6.61. The second-order valence-corrected chi connectivity index (χ2v) is 4.46. The molecule has 2 rings (SSSR count). The molecule has 0 aliphatic heterocycles. The van der Waals surface area contributed by atoms with E-state index in [0.717, 1.165) is 0 Å². The molecule has 0 unspecified atom stereocenters. The van der Waals surface area contributed by atoms with Crippen LogP contribution in [-0.4, -0.2) is 26.5 Å². The first-order chi connectivity index (χ1) is 10.7. The van der Waals surface area contributed by atoms with Crippen molar-refractivity contribution >= 4 is 12.3 Å². The highest BCUT2D eigenvalue weighted by atomic mass is 16.5. The smallest absolute Gasteiger partial charge is 0.338 e. The van der Waals surface area contributed by atoms with Crippen LogP contribution in [-0.2, 0) is 11.3 Å². The minimum Gasteiger partial charge on any atom is -0.497 e. The molecular weight excluding hydrogens is 284 g/mol. The molecule has 2 aromatic carbocycles. The van der Waals surface area contributed by atoms with E-state index >= 15 is 0 Å². The van der Waals surface area contributed by atoms with E-state index in [1.807, 2.05) is 0 Å². The summed E-state index contributed by atoms with van der Waals surface area (Å²) in [4.78, 5) is 22.8. The van der Waals surface area contributed by atoms with Gasteiger partial charge >= 0.3 is 5.97 Å². The number of benzene rings is 2. The van der Waals surface area contributed by atoms with Gasteiger partial charge in [-0.3, -0.25) is 4.79 Å². The van der Waals surface area contributed by atoms with Crippen molar-refractivity contribution < 1.29 is 23.8 Å². The molecule has 0 saturated carbocycles. The number of carbonyl (C=O) groups is 2. The van der Waals surface area contributed by atoms with E-state index in [-0.39, 0.29) is 6.61 Å². The highest BCUT2D eigenvalue weighted by molar-refractivity contribution is 5.90. The van der Waals surface area contributed by atoms with Gasteiger partial charge < -0.3 is 14.2 Å². The maximum atomic E-state index is 11.7. The number of hydrogen-bond donors (Lipinski definition) is 0. The van der Waals surface area contributed by atoms with Gasteiger partial charge in [0.2, 0.25) is 0 Å². The molecule has 5 nitrogen and oxygen atoms in total. The monoisotopic (exact) mass is 300 g/mol. The number of esters is 1. The Morgan fingerprint density at radius 3 is 2.59 bits per heavy atom. The molecule has 22 heavy (non-hydrogen) atoms. The van der Waals surface area contributed by atoms with E-state index in [9.17, 15) is 9.59 Å². The van der Waals surface area contributed by atoms with E-state index in [2.05, 4.69) is 0 Å². The summed E-state index contributed by atoms with van der Waals surface area (Å²) >= 11 is 0. The van der Waals surface area contributed by atoms with Gasteiger partial charge in [-0.05, 0) is 24.3 Å². The molecule has 0 heterocycles. The van der Waals surface area contributed by atoms with Crippen LogP contribution in [0.15, 0.2) is 42.5 Å². The van der Waals surface area contributed by atoms with Crippen molar-refractivity contribution in [2.24, 2.45) is 0 Å². The number of methoxy groups -OCH3 is 2. The summed E-state index contributed by atoms with van der Waals surface area (Å²) in [6.07, 6.45) is 0.698. The Kier molecular flexibility index (Phi) is 5.14. The Labute approximate surface area is 128 Å². The van der Waals surface area contributed by atoms with Crippen LogP contribution in [0.1, 0.15) is 26.3 Å². The van der Waals surface area contributed by atoms with Crippen molar-refractivity contribution in [1.82, 2.24) is 0 Å². The summed E-state index contributed by atoms with van der Waals surface area (Å²) in [5.41, 5.74) is 1.50. The Morgan fingerprint density at radius 2 is 1.91 bits per heavy atom. The van der Waals surface area contributed by atoms with Gasteiger partial charge in [0, 0.05) is 5.56 Å². The molecule has 2 aromatic rings. The number of ether oxygens (including phenoxy) is 3. The van der Waals surface area contributed by atoms with Crippen LogP contribution < -0.4 is 9.47 Å². The zero-order valence-electron chi connectivity index (χ0n) is 12.4. The number of aldehydes is 1. The molecule has 0 spiro atoms. The molecule has 0 aliphatic rings. The second-order valence-electron chi connectivity index (χ2n) is 4.46. The van der Waals surface area contributed by atoms with Crippen LogP contribution in [0.3, 0.4) is 0 Å². The molecule has 0 aliphatic carbocycles. The van der Waals surface area contributed by atoms with Crippen LogP contribution in [0.25, 0.3) is 0 Å². The molecule has 114 valence electrons. The first-order valence-electron chi connectivity index (χ1n) is 6.61. The van der Waals surface area contributed by atoms with E-state index in [4.69, 9.17) is 14.2 Å². The maximum Gasteiger partial charge on any atom is 0.338 e. The van der Waals surface area contributed by atoms with Crippen molar-refractivity contribution in [3.8, 4) is 11.5 Å². The van der Waals surface area contributed by atoms with E-state index in [0.29, 0.717) is 34.5 Å². The Hall–Kier alpha value is -2.82. The van der Waals surface area contributed by atoms with Gasteiger partial charge in [0.05, 0.1) is 25.3 Å². The zero-order chi connectivity index (χ0) is 15.9. The number of carbonyl (C=O) groups excluding carboxylic acids is 2. The fraction of sp³-hybridized carbons (Fsp3) is 0.176. The first kappa shape index (κ1) is 15.6. The zero-order valence-corrected chi connectivity index (χ0v) is 12.4. The van der Waals surface area contributed by atoms with Crippen LogP contribution in [0.4, 0.5) is 0 Å². The Bertz CT molecular complexity index is 678. The summed E-state index contributed by atoms with van der Waals surface area (Å²) < 4.78 is 15.5. The molecule has 0 amide bonds. The predicted octanol–water partition coefficient (Wildman–Crippen LogP) is 2.87. The molecule has 0 bridgehead atoms. The van der Waals surface area contributed by atoms with Gasteiger partial charge in [-0.1, -0.05) is 18.2 Å². The molecule has 0 fully saturated rings. The quantitative estimate of drug-likeness (QED) is 0.606. The van der Waals surface area contributed by atoms with Crippen molar-refractivity contribution in [3.63, 3.8) is 0 Å². The molecule has 0 N–H and O–H groups in total. The standard InChI is InChI=1S/C17H16O5/c1-20-14-7-8-16(13(9-14)10-18)22-11-12-5-3-4-6-15(12)17(19)21-2/h3-10H,11H2,1-2H3. The van der Waals surface area contributed by atoms with Crippen molar-refractivity contribution in [2.45, 2.75) is 6.61 Å². The fourth-order valence-corrected chi connectivity index (χ4v) is 1.99. The minimum atomic E-state index is -0.426. The fourth-order valence-electron chi connectivity index (χ4n) is 1.99. The normalized spacial score (nSPS) is 9.91.